The molecule has 2 amide bonds. The van der Waals surface area contributed by atoms with Gasteiger partial charge in [-0.1, -0.05) is 24.3 Å². The van der Waals surface area contributed by atoms with Gasteiger partial charge in [0.2, 0.25) is 0 Å². The van der Waals surface area contributed by atoms with Gasteiger partial charge >= 0.3 is 0 Å². The van der Waals surface area contributed by atoms with Gasteiger partial charge in [-0.15, -0.1) is 11.3 Å². The highest BCUT2D eigenvalue weighted by Gasteiger charge is 2.32. The Kier molecular flexibility index (Phi) is 4.67. The minimum Gasteiger partial charge on any atom is -0.334 e. The molecule has 1 aliphatic heterocycles. The molecule has 2 aromatic heterocycles. The van der Waals surface area contributed by atoms with Gasteiger partial charge in [-0.3, -0.25) is 9.59 Å². The zero-order valence-electron chi connectivity index (χ0n) is 16.0. The van der Waals surface area contributed by atoms with E-state index in [1.807, 2.05) is 63.7 Å². The topological polar surface area (TPSA) is 58.4 Å². The molecule has 29 heavy (non-hydrogen) atoms. The Hall–Kier alpha value is -2.93. The van der Waals surface area contributed by atoms with E-state index < -0.39 is 0 Å². The molecule has 2 aliphatic rings. The molecule has 7 heteroatoms. The molecule has 0 atom stereocenters. The highest BCUT2D eigenvalue weighted by molar-refractivity contribution is 7.12. The molecule has 3 heterocycles. The quantitative estimate of drug-likeness (QED) is 0.667. The van der Waals surface area contributed by atoms with Crippen LogP contribution in [-0.2, 0) is 0 Å². The van der Waals surface area contributed by atoms with Crippen molar-refractivity contribution in [3.63, 3.8) is 0 Å². The summed E-state index contributed by atoms with van der Waals surface area (Å²) < 4.78 is 1.78. The number of benzene rings is 1. The minimum atomic E-state index is -0.0172. The first-order chi connectivity index (χ1) is 14.2. The fourth-order valence-electron chi connectivity index (χ4n) is 3.73. The lowest BCUT2D eigenvalue weighted by Gasteiger charge is -2.34. The summed E-state index contributed by atoms with van der Waals surface area (Å²) in [5.41, 5.74) is 2.51. The van der Waals surface area contributed by atoms with E-state index in [2.05, 4.69) is 0 Å². The number of para-hydroxylation sites is 1. The maximum Gasteiger partial charge on any atom is 0.272 e. The highest BCUT2D eigenvalue weighted by Crippen LogP contribution is 2.40. The number of piperazine rings is 1. The lowest BCUT2D eigenvalue weighted by Crippen LogP contribution is -2.50. The van der Waals surface area contributed by atoms with Crippen LogP contribution in [0.5, 0.6) is 0 Å². The third-order valence-electron chi connectivity index (χ3n) is 5.53. The van der Waals surface area contributed by atoms with E-state index in [1.54, 1.807) is 4.68 Å². The van der Waals surface area contributed by atoms with Gasteiger partial charge in [0.15, 0.2) is 0 Å². The van der Waals surface area contributed by atoms with E-state index in [4.69, 9.17) is 5.10 Å². The predicted octanol–water partition coefficient (Wildman–Crippen LogP) is 3.41. The average Bonchev–Trinajstić information content (AvgIpc) is 3.29. The average molecular weight is 407 g/mol. The minimum absolute atomic E-state index is 0.0172. The molecule has 0 N–H and O–H groups in total. The molecule has 0 unspecified atom stereocenters. The van der Waals surface area contributed by atoms with Crippen LogP contribution >= 0.6 is 11.3 Å². The Labute approximate surface area is 173 Å². The van der Waals surface area contributed by atoms with Gasteiger partial charge in [0.1, 0.15) is 5.69 Å². The van der Waals surface area contributed by atoms with Crippen molar-refractivity contribution in [3.05, 3.63) is 70.2 Å². The zero-order chi connectivity index (χ0) is 19.8. The first-order valence-corrected chi connectivity index (χ1v) is 10.9. The second-order valence-electron chi connectivity index (χ2n) is 7.54. The summed E-state index contributed by atoms with van der Waals surface area (Å²) in [5.74, 6) is 0.515. The SMILES string of the molecule is O=C(c1cccs1)N1CCN(C(=O)c2cc(C3CC3)nn2-c2ccccc2)CC1. The summed E-state index contributed by atoms with van der Waals surface area (Å²) >= 11 is 1.46. The van der Waals surface area contributed by atoms with Crippen LogP contribution in [0, 0.1) is 0 Å². The summed E-state index contributed by atoms with van der Waals surface area (Å²) in [7, 11) is 0. The predicted molar refractivity (Wildman–Crippen MR) is 112 cm³/mol. The molecule has 0 spiro atoms. The molecule has 0 radical (unpaired) electrons. The Morgan fingerprint density at radius 2 is 1.59 bits per heavy atom. The van der Waals surface area contributed by atoms with Crippen LogP contribution < -0.4 is 0 Å². The van der Waals surface area contributed by atoms with Crippen LogP contribution in [0.25, 0.3) is 5.69 Å². The lowest BCUT2D eigenvalue weighted by molar-refractivity contribution is 0.0533. The molecule has 1 saturated heterocycles. The number of carbonyl (C=O) groups excluding carboxylic acids is 2. The number of carbonyl (C=O) groups is 2. The Morgan fingerprint density at radius 3 is 2.21 bits per heavy atom. The van der Waals surface area contributed by atoms with Crippen molar-refractivity contribution >= 4 is 23.2 Å². The molecule has 148 valence electrons. The largest absolute Gasteiger partial charge is 0.334 e. The fourth-order valence-corrected chi connectivity index (χ4v) is 4.42. The summed E-state index contributed by atoms with van der Waals surface area (Å²) in [6.45, 7) is 2.18. The molecule has 5 rings (SSSR count). The molecule has 2 fully saturated rings. The van der Waals surface area contributed by atoms with Crippen LogP contribution in [0.15, 0.2) is 53.9 Å². The number of hydrogen-bond donors (Lipinski definition) is 0. The van der Waals surface area contributed by atoms with Crippen LogP contribution in [0.1, 0.15) is 44.6 Å². The zero-order valence-corrected chi connectivity index (χ0v) is 16.8. The summed E-state index contributed by atoms with van der Waals surface area (Å²) in [5, 5.41) is 6.65. The van der Waals surface area contributed by atoms with Crippen molar-refractivity contribution in [2.75, 3.05) is 26.2 Å². The van der Waals surface area contributed by atoms with Crippen LogP contribution in [0.3, 0.4) is 0 Å². The standard InChI is InChI=1S/C22H22N4O2S/c27-21(24-10-12-25(13-11-24)22(28)20-7-4-14-29-20)19-15-18(16-8-9-16)23-26(19)17-5-2-1-3-6-17/h1-7,14-16H,8-13H2. The fraction of sp³-hybridized carbons (Fsp3) is 0.318. The lowest BCUT2D eigenvalue weighted by atomic mass is 10.2. The first kappa shape index (κ1) is 18.1. The molecular formula is C22H22N4O2S. The second-order valence-corrected chi connectivity index (χ2v) is 8.49. The van der Waals surface area contributed by atoms with Crippen molar-refractivity contribution < 1.29 is 9.59 Å². The van der Waals surface area contributed by atoms with Gasteiger partial charge in [0.05, 0.1) is 16.3 Å². The van der Waals surface area contributed by atoms with Crippen molar-refractivity contribution in [1.29, 1.82) is 0 Å². The smallest absolute Gasteiger partial charge is 0.272 e. The number of rotatable bonds is 4. The van der Waals surface area contributed by atoms with Gasteiger partial charge in [0, 0.05) is 32.1 Å². The Bertz CT molecular complexity index is 1020. The number of thiophene rings is 1. The van der Waals surface area contributed by atoms with E-state index in [9.17, 15) is 9.59 Å². The number of nitrogens with zero attached hydrogens (tertiary/aromatic N) is 4. The Balaban J connectivity index is 1.34. The number of amides is 2. The summed E-state index contributed by atoms with van der Waals surface area (Å²) in [6, 6.07) is 15.5. The van der Waals surface area contributed by atoms with Crippen molar-refractivity contribution in [2.45, 2.75) is 18.8 Å². The molecule has 0 bridgehead atoms. The van der Waals surface area contributed by atoms with Crippen molar-refractivity contribution in [1.82, 2.24) is 19.6 Å². The molecule has 6 nitrogen and oxygen atoms in total. The van der Waals surface area contributed by atoms with E-state index in [0.29, 0.717) is 37.8 Å². The van der Waals surface area contributed by atoms with E-state index in [0.717, 1.165) is 29.1 Å². The first-order valence-electron chi connectivity index (χ1n) is 9.98. The van der Waals surface area contributed by atoms with E-state index in [1.165, 1.54) is 11.3 Å². The van der Waals surface area contributed by atoms with E-state index >= 15 is 0 Å². The maximum atomic E-state index is 13.3. The van der Waals surface area contributed by atoms with E-state index in [-0.39, 0.29) is 11.8 Å². The number of hydrogen-bond acceptors (Lipinski definition) is 4. The second kappa shape index (κ2) is 7.48. The third-order valence-corrected chi connectivity index (χ3v) is 6.39. The van der Waals surface area contributed by atoms with Crippen LogP contribution in [0.2, 0.25) is 0 Å². The maximum absolute atomic E-state index is 13.3. The van der Waals surface area contributed by atoms with Crippen molar-refractivity contribution in [3.8, 4) is 5.69 Å². The Morgan fingerprint density at radius 1 is 0.897 bits per heavy atom. The monoisotopic (exact) mass is 406 g/mol. The summed E-state index contributed by atoms with van der Waals surface area (Å²) in [4.78, 5) is 30.3. The number of aromatic nitrogens is 2. The molecular weight excluding hydrogens is 384 g/mol. The summed E-state index contributed by atoms with van der Waals surface area (Å²) in [6.07, 6.45) is 2.28. The van der Waals surface area contributed by atoms with Gasteiger partial charge in [0.25, 0.3) is 11.8 Å². The third kappa shape index (κ3) is 3.58. The highest BCUT2D eigenvalue weighted by atomic mass is 32.1. The molecule has 1 saturated carbocycles. The normalized spacial score (nSPS) is 16.8. The van der Waals surface area contributed by atoms with Crippen LogP contribution in [-0.4, -0.2) is 57.6 Å². The molecule has 1 aliphatic carbocycles. The van der Waals surface area contributed by atoms with Gasteiger partial charge in [-0.25, -0.2) is 4.68 Å². The van der Waals surface area contributed by atoms with Crippen LogP contribution in [0.4, 0.5) is 0 Å². The molecule has 3 aromatic rings. The van der Waals surface area contributed by atoms with Gasteiger partial charge < -0.3 is 9.80 Å². The van der Waals surface area contributed by atoms with Crippen molar-refractivity contribution in [2.24, 2.45) is 0 Å². The van der Waals surface area contributed by atoms with Gasteiger partial charge in [-0.05, 0) is 42.5 Å². The molecule has 1 aromatic carbocycles. The van der Waals surface area contributed by atoms with Gasteiger partial charge in [-0.2, -0.15) is 5.10 Å².